The maximum atomic E-state index is 13.5. The molecule has 2 aromatic carbocycles. The van der Waals surface area contributed by atoms with Crippen molar-refractivity contribution in [1.29, 1.82) is 0 Å². The number of anilines is 1. The van der Waals surface area contributed by atoms with Crippen LogP contribution < -0.4 is 9.62 Å². The van der Waals surface area contributed by atoms with Gasteiger partial charge in [0, 0.05) is 36.1 Å². The molecule has 38 heavy (non-hydrogen) atoms. The second kappa shape index (κ2) is 14.8. The van der Waals surface area contributed by atoms with Crippen LogP contribution in [0.2, 0.25) is 10.0 Å². The number of rotatable bonds is 14. The molecule has 0 saturated heterocycles. The van der Waals surface area contributed by atoms with Crippen molar-refractivity contribution >= 4 is 50.7 Å². The summed E-state index contributed by atoms with van der Waals surface area (Å²) in [6.45, 7) is 8.55. The molecule has 0 radical (unpaired) electrons. The van der Waals surface area contributed by atoms with Crippen LogP contribution in [-0.4, -0.2) is 50.5 Å². The summed E-state index contributed by atoms with van der Waals surface area (Å²) in [5, 5.41) is 3.82. The first-order valence-electron chi connectivity index (χ1n) is 12.9. The molecule has 7 nitrogen and oxygen atoms in total. The maximum absolute atomic E-state index is 13.5. The predicted molar refractivity (Wildman–Crippen MR) is 156 cm³/mol. The van der Waals surface area contributed by atoms with E-state index in [0.29, 0.717) is 34.3 Å². The Labute approximate surface area is 237 Å². The maximum Gasteiger partial charge on any atom is 0.242 e. The molecular formula is C28H39Cl2N3O4S. The lowest BCUT2D eigenvalue weighted by Crippen LogP contribution is -2.49. The van der Waals surface area contributed by atoms with Gasteiger partial charge >= 0.3 is 0 Å². The summed E-state index contributed by atoms with van der Waals surface area (Å²) in [6, 6.07) is 9.98. The minimum Gasteiger partial charge on any atom is -0.354 e. The average molecular weight is 585 g/mol. The van der Waals surface area contributed by atoms with Crippen LogP contribution in [0.3, 0.4) is 0 Å². The highest BCUT2D eigenvalue weighted by Crippen LogP contribution is 2.25. The zero-order valence-electron chi connectivity index (χ0n) is 22.9. The highest BCUT2D eigenvalue weighted by molar-refractivity contribution is 7.92. The first-order valence-corrected chi connectivity index (χ1v) is 15.5. The Morgan fingerprint density at radius 3 is 2.21 bits per heavy atom. The van der Waals surface area contributed by atoms with Crippen molar-refractivity contribution in [2.75, 3.05) is 23.7 Å². The van der Waals surface area contributed by atoms with Gasteiger partial charge in [-0.15, -0.1) is 0 Å². The summed E-state index contributed by atoms with van der Waals surface area (Å²) >= 11 is 12.5. The quantitative estimate of drug-likeness (QED) is 0.281. The fourth-order valence-electron chi connectivity index (χ4n) is 4.36. The van der Waals surface area contributed by atoms with Crippen molar-refractivity contribution < 1.29 is 18.0 Å². The van der Waals surface area contributed by atoms with E-state index in [-0.39, 0.29) is 37.7 Å². The van der Waals surface area contributed by atoms with Gasteiger partial charge in [-0.05, 0) is 74.1 Å². The van der Waals surface area contributed by atoms with E-state index in [0.717, 1.165) is 30.2 Å². The Morgan fingerprint density at radius 1 is 1.00 bits per heavy atom. The normalized spacial score (nSPS) is 12.2. The van der Waals surface area contributed by atoms with Crippen molar-refractivity contribution in [3.63, 3.8) is 0 Å². The number of aryl methyl sites for hydroxylation is 2. The molecule has 1 atom stereocenters. The van der Waals surface area contributed by atoms with Gasteiger partial charge in [-0.25, -0.2) is 8.42 Å². The van der Waals surface area contributed by atoms with Gasteiger partial charge in [0.1, 0.15) is 6.04 Å². The Balaban J connectivity index is 2.26. The first kappa shape index (κ1) is 31.9. The zero-order valence-corrected chi connectivity index (χ0v) is 25.2. The summed E-state index contributed by atoms with van der Waals surface area (Å²) < 4.78 is 26.5. The van der Waals surface area contributed by atoms with E-state index in [1.165, 1.54) is 9.21 Å². The van der Waals surface area contributed by atoms with Crippen LogP contribution in [0.25, 0.3) is 0 Å². The zero-order chi connectivity index (χ0) is 28.5. The standard InChI is InChI=1S/C28H39Cl2N3O4S/c1-6-8-13-31-28(35)26(7-2)32(19-22-11-12-23(29)18-25(22)30)27(34)10-9-14-33(38(5,36)37)24-16-20(3)15-21(4)17-24/h11-12,15-18,26H,6-10,13-14,19H2,1-5H3,(H,31,35)/t26-/m1/s1. The number of unbranched alkanes of at least 4 members (excludes halogenated alkanes) is 1. The van der Waals surface area contributed by atoms with Gasteiger partial charge in [0.2, 0.25) is 21.8 Å². The molecule has 2 amide bonds. The Morgan fingerprint density at radius 2 is 1.66 bits per heavy atom. The second-order valence-corrected chi connectivity index (χ2v) is 12.4. The van der Waals surface area contributed by atoms with Gasteiger partial charge in [0.15, 0.2) is 0 Å². The summed E-state index contributed by atoms with van der Waals surface area (Å²) in [5.41, 5.74) is 3.16. The number of sulfonamides is 1. The number of benzene rings is 2. The SMILES string of the molecule is CCCCNC(=O)[C@@H](CC)N(Cc1ccc(Cl)cc1Cl)C(=O)CCCN(c1cc(C)cc(C)c1)S(C)(=O)=O. The summed E-state index contributed by atoms with van der Waals surface area (Å²) in [6.07, 6.45) is 3.73. The molecule has 1 N–H and O–H groups in total. The smallest absolute Gasteiger partial charge is 0.242 e. The molecule has 0 bridgehead atoms. The fraction of sp³-hybridized carbons (Fsp3) is 0.500. The van der Waals surface area contributed by atoms with E-state index >= 15 is 0 Å². The van der Waals surface area contributed by atoms with E-state index in [9.17, 15) is 18.0 Å². The van der Waals surface area contributed by atoms with E-state index in [1.54, 1.807) is 18.2 Å². The number of amides is 2. The number of halogens is 2. The molecule has 0 saturated carbocycles. The van der Waals surface area contributed by atoms with Gasteiger partial charge in [0.05, 0.1) is 11.9 Å². The molecule has 2 aromatic rings. The molecular weight excluding hydrogens is 545 g/mol. The number of hydrogen-bond donors (Lipinski definition) is 1. The van der Waals surface area contributed by atoms with E-state index in [4.69, 9.17) is 23.2 Å². The molecule has 10 heteroatoms. The van der Waals surface area contributed by atoms with E-state index < -0.39 is 16.1 Å². The average Bonchev–Trinajstić information content (AvgIpc) is 2.81. The largest absolute Gasteiger partial charge is 0.354 e. The van der Waals surface area contributed by atoms with Crippen molar-refractivity contribution in [3.05, 3.63) is 63.1 Å². The van der Waals surface area contributed by atoms with Gasteiger partial charge in [0.25, 0.3) is 0 Å². The van der Waals surface area contributed by atoms with Gasteiger partial charge in [-0.3, -0.25) is 13.9 Å². The molecule has 0 fully saturated rings. The Bertz CT molecular complexity index is 1200. The number of carbonyl (C=O) groups is 2. The minimum absolute atomic E-state index is 0.0702. The van der Waals surface area contributed by atoms with Crippen molar-refractivity contribution in [1.82, 2.24) is 10.2 Å². The van der Waals surface area contributed by atoms with Crippen molar-refractivity contribution in [2.24, 2.45) is 0 Å². The molecule has 0 aliphatic rings. The molecule has 0 unspecified atom stereocenters. The van der Waals surface area contributed by atoms with Crippen LogP contribution in [0.15, 0.2) is 36.4 Å². The van der Waals surface area contributed by atoms with E-state index in [2.05, 4.69) is 5.32 Å². The monoisotopic (exact) mass is 583 g/mol. The first-order chi connectivity index (χ1) is 17.9. The third-order valence-electron chi connectivity index (χ3n) is 6.22. The number of nitrogens with zero attached hydrogens (tertiary/aromatic N) is 2. The van der Waals surface area contributed by atoms with Crippen LogP contribution in [0.5, 0.6) is 0 Å². The second-order valence-electron chi connectivity index (χ2n) is 9.61. The summed E-state index contributed by atoms with van der Waals surface area (Å²) in [5.74, 6) is -0.463. The molecule has 0 aliphatic heterocycles. The summed E-state index contributed by atoms with van der Waals surface area (Å²) in [7, 11) is -3.56. The third-order valence-corrected chi connectivity index (χ3v) is 8.00. The van der Waals surface area contributed by atoms with Gasteiger partial charge < -0.3 is 10.2 Å². The minimum atomic E-state index is -3.56. The molecule has 210 valence electrons. The fourth-order valence-corrected chi connectivity index (χ4v) is 5.78. The lowest BCUT2D eigenvalue weighted by atomic mass is 10.1. The Hall–Kier alpha value is -2.29. The topological polar surface area (TPSA) is 86.8 Å². The highest BCUT2D eigenvalue weighted by atomic mass is 35.5. The summed E-state index contributed by atoms with van der Waals surface area (Å²) in [4.78, 5) is 28.1. The molecule has 0 aliphatic carbocycles. The predicted octanol–water partition coefficient (Wildman–Crippen LogP) is 5.88. The van der Waals surface area contributed by atoms with Crippen molar-refractivity contribution in [3.8, 4) is 0 Å². The molecule has 0 heterocycles. The van der Waals surface area contributed by atoms with E-state index in [1.807, 2.05) is 45.9 Å². The van der Waals surface area contributed by atoms with Crippen LogP contribution in [-0.2, 0) is 26.2 Å². The lowest BCUT2D eigenvalue weighted by Gasteiger charge is -2.31. The number of carbonyl (C=O) groups excluding carboxylic acids is 2. The van der Waals surface area contributed by atoms with Crippen LogP contribution in [0.4, 0.5) is 5.69 Å². The lowest BCUT2D eigenvalue weighted by molar-refractivity contribution is -0.141. The number of hydrogen-bond acceptors (Lipinski definition) is 4. The van der Waals surface area contributed by atoms with Gasteiger partial charge in [-0.2, -0.15) is 0 Å². The molecule has 0 aromatic heterocycles. The number of nitrogens with one attached hydrogen (secondary N) is 1. The van der Waals surface area contributed by atoms with Crippen LogP contribution >= 0.6 is 23.2 Å². The van der Waals surface area contributed by atoms with Crippen LogP contribution in [0.1, 0.15) is 62.6 Å². The molecule has 2 rings (SSSR count). The third kappa shape index (κ3) is 9.47. The highest BCUT2D eigenvalue weighted by Gasteiger charge is 2.29. The molecule has 0 spiro atoms. The Kier molecular flexibility index (Phi) is 12.4. The van der Waals surface area contributed by atoms with Crippen LogP contribution in [0, 0.1) is 13.8 Å². The van der Waals surface area contributed by atoms with Gasteiger partial charge in [-0.1, -0.05) is 55.6 Å². The van der Waals surface area contributed by atoms with Crippen molar-refractivity contribution in [2.45, 2.75) is 72.4 Å².